The third kappa shape index (κ3) is 5.67. The zero-order chi connectivity index (χ0) is 19.1. The van der Waals surface area contributed by atoms with E-state index in [0.717, 1.165) is 21.6 Å². The lowest BCUT2D eigenvalue weighted by Gasteiger charge is -2.16. The lowest BCUT2D eigenvalue weighted by Crippen LogP contribution is -2.33. The summed E-state index contributed by atoms with van der Waals surface area (Å²) in [6, 6.07) is 23.7. The van der Waals surface area contributed by atoms with Crippen molar-refractivity contribution in [2.24, 2.45) is 5.73 Å². The van der Waals surface area contributed by atoms with Crippen molar-refractivity contribution in [2.75, 3.05) is 0 Å². The molecule has 0 spiro atoms. The summed E-state index contributed by atoms with van der Waals surface area (Å²) in [6.45, 7) is 0.539. The van der Waals surface area contributed by atoms with Gasteiger partial charge in [0.15, 0.2) is 0 Å². The van der Waals surface area contributed by atoms with E-state index >= 15 is 0 Å². The van der Waals surface area contributed by atoms with Gasteiger partial charge in [-0.05, 0) is 41.0 Å². The second-order valence-corrected chi connectivity index (χ2v) is 7.24. The molecule has 0 radical (unpaired) electrons. The fourth-order valence-electron chi connectivity index (χ4n) is 2.75. The largest absolute Gasteiger partial charge is 0.368 e. The van der Waals surface area contributed by atoms with Crippen LogP contribution in [0.1, 0.15) is 22.7 Å². The Hall–Kier alpha value is -2.63. The topological polar surface area (TPSA) is 55.1 Å². The summed E-state index contributed by atoms with van der Waals surface area (Å²) in [6.07, 6.45) is 0. The molecular formula is C22H21FN2OS. The molecule has 1 atom stereocenters. The van der Waals surface area contributed by atoms with Gasteiger partial charge in [0.25, 0.3) is 0 Å². The van der Waals surface area contributed by atoms with Crippen molar-refractivity contribution in [1.82, 2.24) is 5.32 Å². The summed E-state index contributed by atoms with van der Waals surface area (Å²) in [5.74, 6) is 0.105. The summed E-state index contributed by atoms with van der Waals surface area (Å²) in [4.78, 5) is 12.9. The average Bonchev–Trinajstić information content (AvgIpc) is 2.68. The van der Waals surface area contributed by atoms with Gasteiger partial charge in [0.05, 0.1) is 0 Å². The molecular weight excluding hydrogens is 359 g/mol. The van der Waals surface area contributed by atoms with Gasteiger partial charge in [-0.3, -0.25) is 10.1 Å². The van der Waals surface area contributed by atoms with E-state index in [4.69, 9.17) is 5.73 Å². The van der Waals surface area contributed by atoms with Crippen LogP contribution in [0.5, 0.6) is 0 Å². The van der Waals surface area contributed by atoms with Gasteiger partial charge in [-0.1, -0.05) is 54.6 Å². The van der Waals surface area contributed by atoms with E-state index in [-0.39, 0.29) is 5.82 Å². The van der Waals surface area contributed by atoms with E-state index < -0.39 is 11.9 Å². The van der Waals surface area contributed by atoms with Crippen molar-refractivity contribution in [2.45, 2.75) is 23.2 Å². The van der Waals surface area contributed by atoms with Gasteiger partial charge in [0.2, 0.25) is 5.91 Å². The first-order valence-electron chi connectivity index (χ1n) is 8.65. The number of carbonyl (C=O) groups excluding carboxylic acids is 1. The number of halogens is 1. The Kier molecular flexibility index (Phi) is 6.63. The van der Waals surface area contributed by atoms with Crippen LogP contribution in [0.15, 0.2) is 83.8 Å². The quantitative estimate of drug-likeness (QED) is 0.568. The predicted molar refractivity (Wildman–Crippen MR) is 108 cm³/mol. The first kappa shape index (κ1) is 19.1. The Labute approximate surface area is 162 Å². The van der Waals surface area contributed by atoms with Gasteiger partial charge < -0.3 is 5.73 Å². The number of nitrogens with one attached hydrogen (secondary N) is 1. The number of hydrogen-bond acceptors (Lipinski definition) is 3. The van der Waals surface area contributed by atoms with Gasteiger partial charge in [-0.25, -0.2) is 4.39 Å². The number of hydrogen-bond donors (Lipinski definition) is 2. The van der Waals surface area contributed by atoms with Crippen LogP contribution in [0.3, 0.4) is 0 Å². The molecule has 3 rings (SSSR count). The van der Waals surface area contributed by atoms with Crippen molar-refractivity contribution in [3.63, 3.8) is 0 Å². The van der Waals surface area contributed by atoms with Crippen LogP contribution in [-0.2, 0) is 17.1 Å². The average molecular weight is 380 g/mol. The Balaban J connectivity index is 1.56. The van der Waals surface area contributed by atoms with E-state index in [0.29, 0.717) is 12.3 Å². The van der Waals surface area contributed by atoms with Crippen molar-refractivity contribution in [3.05, 3.63) is 101 Å². The summed E-state index contributed by atoms with van der Waals surface area (Å²) in [7, 11) is 0. The number of rotatable bonds is 8. The van der Waals surface area contributed by atoms with Crippen LogP contribution in [0.4, 0.5) is 4.39 Å². The highest BCUT2D eigenvalue weighted by Gasteiger charge is 2.16. The zero-order valence-electron chi connectivity index (χ0n) is 14.8. The maximum Gasteiger partial charge on any atom is 0.239 e. The number of nitrogens with two attached hydrogens (primary N) is 1. The minimum Gasteiger partial charge on any atom is -0.368 e. The molecule has 0 saturated heterocycles. The molecule has 5 heteroatoms. The third-order valence-electron chi connectivity index (χ3n) is 4.15. The van der Waals surface area contributed by atoms with Crippen LogP contribution < -0.4 is 11.1 Å². The lowest BCUT2D eigenvalue weighted by atomic mass is 10.1. The Morgan fingerprint density at radius 3 is 2.37 bits per heavy atom. The number of primary amides is 1. The molecule has 3 aromatic rings. The van der Waals surface area contributed by atoms with E-state index in [1.807, 2.05) is 60.7 Å². The molecule has 1 amide bonds. The molecule has 0 saturated carbocycles. The van der Waals surface area contributed by atoms with Crippen molar-refractivity contribution in [3.8, 4) is 0 Å². The SMILES string of the molecule is NC(=O)C(NCc1ccc(SCc2cccc(F)c2)cc1)c1ccccc1. The third-order valence-corrected chi connectivity index (χ3v) is 5.23. The molecule has 0 aliphatic carbocycles. The Bertz CT molecular complexity index is 884. The first-order valence-corrected chi connectivity index (χ1v) is 9.64. The fourth-order valence-corrected chi connectivity index (χ4v) is 3.59. The molecule has 0 aromatic heterocycles. The van der Waals surface area contributed by atoms with Gasteiger partial charge in [0, 0.05) is 17.2 Å². The van der Waals surface area contributed by atoms with E-state index in [2.05, 4.69) is 5.32 Å². The Morgan fingerprint density at radius 1 is 0.963 bits per heavy atom. The molecule has 3 nitrogen and oxygen atoms in total. The minimum absolute atomic E-state index is 0.211. The smallest absolute Gasteiger partial charge is 0.239 e. The molecule has 0 aliphatic heterocycles. The predicted octanol–water partition coefficient (Wildman–Crippen LogP) is 4.43. The highest BCUT2D eigenvalue weighted by Crippen LogP contribution is 2.23. The molecule has 27 heavy (non-hydrogen) atoms. The first-order chi connectivity index (χ1) is 13.1. The summed E-state index contributed by atoms with van der Waals surface area (Å²) in [5, 5.41) is 3.21. The molecule has 0 bridgehead atoms. The molecule has 0 fully saturated rings. The molecule has 0 heterocycles. The summed E-state index contributed by atoms with van der Waals surface area (Å²) < 4.78 is 13.2. The Morgan fingerprint density at radius 2 is 1.70 bits per heavy atom. The second kappa shape index (κ2) is 9.35. The molecule has 1 unspecified atom stereocenters. The highest BCUT2D eigenvalue weighted by molar-refractivity contribution is 7.98. The standard InChI is InChI=1S/C22H21FN2OS/c23-19-8-4-5-17(13-19)15-27-20-11-9-16(10-12-20)14-25-21(22(24)26)18-6-2-1-3-7-18/h1-13,21,25H,14-15H2,(H2,24,26). The van der Waals surface area contributed by atoms with Crippen LogP contribution in [0.25, 0.3) is 0 Å². The van der Waals surface area contributed by atoms with Gasteiger partial charge in [0.1, 0.15) is 11.9 Å². The van der Waals surface area contributed by atoms with Crippen molar-refractivity contribution in [1.29, 1.82) is 0 Å². The monoisotopic (exact) mass is 380 g/mol. The number of amides is 1. The van der Waals surface area contributed by atoms with E-state index in [1.54, 1.807) is 23.9 Å². The molecule has 3 N–H and O–H groups in total. The van der Waals surface area contributed by atoms with E-state index in [9.17, 15) is 9.18 Å². The normalized spacial score (nSPS) is 11.9. The van der Waals surface area contributed by atoms with Crippen molar-refractivity contribution >= 4 is 17.7 Å². The molecule has 0 aliphatic rings. The minimum atomic E-state index is -0.520. The summed E-state index contributed by atoms with van der Waals surface area (Å²) >= 11 is 1.66. The van der Waals surface area contributed by atoms with Gasteiger partial charge >= 0.3 is 0 Å². The zero-order valence-corrected chi connectivity index (χ0v) is 15.6. The number of benzene rings is 3. The fraction of sp³-hybridized carbons (Fsp3) is 0.136. The molecule has 3 aromatic carbocycles. The maximum absolute atomic E-state index is 13.2. The van der Waals surface area contributed by atoms with Crippen molar-refractivity contribution < 1.29 is 9.18 Å². The molecule has 138 valence electrons. The van der Waals surface area contributed by atoms with Crippen LogP contribution >= 0.6 is 11.8 Å². The van der Waals surface area contributed by atoms with E-state index in [1.165, 1.54) is 6.07 Å². The van der Waals surface area contributed by atoms with Crippen LogP contribution in [-0.4, -0.2) is 5.91 Å². The van der Waals surface area contributed by atoms with Crippen LogP contribution in [0, 0.1) is 5.82 Å². The lowest BCUT2D eigenvalue weighted by molar-refractivity contribution is -0.120. The number of carbonyl (C=O) groups is 1. The summed E-state index contributed by atoms with van der Waals surface area (Å²) in [5.41, 5.74) is 8.40. The second-order valence-electron chi connectivity index (χ2n) is 6.19. The van der Waals surface area contributed by atoms with Gasteiger partial charge in [-0.2, -0.15) is 0 Å². The van der Waals surface area contributed by atoms with Gasteiger partial charge in [-0.15, -0.1) is 11.8 Å². The van der Waals surface area contributed by atoms with Crippen LogP contribution in [0.2, 0.25) is 0 Å². The number of thioether (sulfide) groups is 1. The maximum atomic E-state index is 13.2. The highest BCUT2D eigenvalue weighted by atomic mass is 32.2.